The number of likely N-dealkylation sites (N-methyl/N-ethyl adjacent to an activating group) is 1. The van der Waals surface area contributed by atoms with Gasteiger partial charge in [0.2, 0.25) is 5.91 Å². The Morgan fingerprint density at radius 3 is 2.88 bits per heavy atom. The number of amides is 2. The second-order valence-corrected chi connectivity index (χ2v) is 3.89. The van der Waals surface area contributed by atoms with Gasteiger partial charge >= 0.3 is 0 Å². The zero-order valence-electron chi connectivity index (χ0n) is 10.6. The van der Waals surface area contributed by atoms with Crippen molar-refractivity contribution >= 4 is 11.8 Å². The SMILES string of the molecule is CCNC(=O)C1COCCN1C(=O)C(C)OC. The molecule has 2 atom stereocenters. The first-order chi connectivity index (χ1) is 8.11. The zero-order valence-corrected chi connectivity index (χ0v) is 10.6. The summed E-state index contributed by atoms with van der Waals surface area (Å²) in [7, 11) is 1.48. The van der Waals surface area contributed by atoms with Gasteiger partial charge in [0.1, 0.15) is 12.1 Å². The van der Waals surface area contributed by atoms with Gasteiger partial charge in [-0.3, -0.25) is 9.59 Å². The summed E-state index contributed by atoms with van der Waals surface area (Å²) in [5.41, 5.74) is 0. The van der Waals surface area contributed by atoms with E-state index in [0.717, 1.165) is 0 Å². The molecular formula is C11H20N2O4. The fourth-order valence-electron chi connectivity index (χ4n) is 1.71. The van der Waals surface area contributed by atoms with Crippen LogP contribution in [0.25, 0.3) is 0 Å². The largest absolute Gasteiger partial charge is 0.377 e. The fraction of sp³-hybridized carbons (Fsp3) is 0.818. The predicted molar refractivity (Wildman–Crippen MR) is 61.5 cm³/mol. The van der Waals surface area contributed by atoms with E-state index in [9.17, 15) is 9.59 Å². The third kappa shape index (κ3) is 3.41. The van der Waals surface area contributed by atoms with Gasteiger partial charge in [-0.2, -0.15) is 0 Å². The van der Waals surface area contributed by atoms with Crippen molar-refractivity contribution in [3.8, 4) is 0 Å². The van der Waals surface area contributed by atoms with Gasteiger partial charge in [0.15, 0.2) is 0 Å². The van der Waals surface area contributed by atoms with E-state index in [1.165, 1.54) is 12.0 Å². The van der Waals surface area contributed by atoms with Crippen LogP contribution in [0.5, 0.6) is 0 Å². The van der Waals surface area contributed by atoms with Crippen molar-refractivity contribution in [3.05, 3.63) is 0 Å². The number of nitrogens with one attached hydrogen (secondary N) is 1. The van der Waals surface area contributed by atoms with Crippen LogP contribution in [0.15, 0.2) is 0 Å². The van der Waals surface area contributed by atoms with Crippen LogP contribution in [0.3, 0.4) is 0 Å². The van der Waals surface area contributed by atoms with Crippen LogP contribution in [0.2, 0.25) is 0 Å². The first-order valence-corrected chi connectivity index (χ1v) is 5.80. The summed E-state index contributed by atoms with van der Waals surface area (Å²) in [5, 5.41) is 2.70. The van der Waals surface area contributed by atoms with Crippen molar-refractivity contribution in [1.82, 2.24) is 10.2 Å². The van der Waals surface area contributed by atoms with Crippen LogP contribution in [0, 0.1) is 0 Å². The summed E-state index contributed by atoms with van der Waals surface area (Å²) in [5.74, 6) is -0.351. The molecule has 1 rings (SSSR count). The number of carbonyl (C=O) groups is 2. The highest BCUT2D eigenvalue weighted by molar-refractivity contribution is 5.89. The van der Waals surface area contributed by atoms with E-state index in [4.69, 9.17) is 9.47 Å². The molecule has 17 heavy (non-hydrogen) atoms. The van der Waals surface area contributed by atoms with E-state index >= 15 is 0 Å². The lowest BCUT2D eigenvalue weighted by molar-refractivity contribution is -0.155. The molecule has 2 unspecified atom stereocenters. The van der Waals surface area contributed by atoms with Gasteiger partial charge in [-0.05, 0) is 13.8 Å². The van der Waals surface area contributed by atoms with Gasteiger partial charge in [-0.15, -0.1) is 0 Å². The van der Waals surface area contributed by atoms with Crippen molar-refractivity contribution in [3.63, 3.8) is 0 Å². The Morgan fingerprint density at radius 1 is 1.59 bits per heavy atom. The lowest BCUT2D eigenvalue weighted by Crippen LogP contribution is -2.57. The molecule has 6 nitrogen and oxygen atoms in total. The number of methoxy groups -OCH3 is 1. The Bertz CT molecular complexity index is 283. The van der Waals surface area contributed by atoms with Crippen LogP contribution in [-0.2, 0) is 19.1 Å². The number of hydrogen-bond donors (Lipinski definition) is 1. The van der Waals surface area contributed by atoms with Gasteiger partial charge in [-0.1, -0.05) is 0 Å². The standard InChI is InChI=1S/C11H20N2O4/c1-4-12-10(14)9-7-17-6-5-13(9)11(15)8(2)16-3/h8-9H,4-7H2,1-3H3,(H,12,14). The molecule has 0 aromatic heterocycles. The second kappa shape index (κ2) is 6.56. The molecule has 0 spiro atoms. The monoisotopic (exact) mass is 244 g/mol. The molecule has 1 aliphatic rings. The maximum Gasteiger partial charge on any atom is 0.252 e. The number of ether oxygens (including phenoxy) is 2. The van der Waals surface area contributed by atoms with Gasteiger partial charge in [0, 0.05) is 20.2 Å². The molecule has 98 valence electrons. The Balaban J connectivity index is 2.71. The third-order valence-corrected chi connectivity index (χ3v) is 2.77. The van der Waals surface area contributed by atoms with Crippen molar-refractivity contribution in [2.24, 2.45) is 0 Å². The minimum Gasteiger partial charge on any atom is -0.377 e. The van der Waals surface area contributed by atoms with E-state index in [2.05, 4.69) is 5.32 Å². The summed E-state index contributed by atoms with van der Waals surface area (Å²) >= 11 is 0. The van der Waals surface area contributed by atoms with Gasteiger partial charge in [-0.25, -0.2) is 0 Å². The van der Waals surface area contributed by atoms with E-state index in [1.54, 1.807) is 6.92 Å². The van der Waals surface area contributed by atoms with Gasteiger partial charge in [0.05, 0.1) is 13.2 Å². The lowest BCUT2D eigenvalue weighted by Gasteiger charge is -2.35. The van der Waals surface area contributed by atoms with Crippen LogP contribution >= 0.6 is 0 Å². The molecule has 1 aliphatic heterocycles. The smallest absolute Gasteiger partial charge is 0.252 e. The number of morpholine rings is 1. The first kappa shape index (κ1) is 13.9. The van der Waals surface area contributed by atoms with Crippen molar-refractivity contribution < 1.29 is 19.1 Å². The summed E-state index contributed by atoms with van der Waals surface area (Å²) in [6.45, 7) is 5.18. The Kier molecular flexibility index (Phi) is 5.37. The topological polar surface area (TPSA) is 67.9 Å². The average Bonchev–Trinajstić information content (AvgIpc) is 2.37. The minimum atomic E-state index is -0.547. The average molecular weight is 244 g/mol. The Labute approximate surface area is 101 Å². The third-order valence-electron chi connectivity index (χ3n) is 2.77. The second-order valence-electron chi connectivity index (χ2n) is 3.89. The molecule has 0 aromatic rings. The highest BCUT2D eigenvalue weighted by atomic mass is 16.5. The molecule has 2 amide bonds. The number of hydrogen-bond acceptors (Lipinski definition) is 4. The molecule has 1 fully saturated rings. The molecule has 0 bridgehead atoms. The molecule has 0 aliphatic carbocycles. The molecule has 0 radical (unpaired) electrons. The minimum absolute atomic E-state index is 0.174. The Hall–Kier alpha value is -1.14. The van der Waals surface area contributed by atoms with E-state index in [1.807, 2.05) is 6.92 Å². The molecule has 0 saturated carbocycles. The molecular weight excluding hydrogens is 224 g/mol. The van der Waals surface area contributed by atoms with Crippen LogP contribution in [0.1, 0.15) is 13.8 Å². The lowest BCUT2D eigenvalue weighted by atomic mass is 10.2. The fourth-order valence-corrected chi connectivity index (χ4v) is 1.71. The Morgan fingerprint density at radius 2 is 2.29 bits per heavy atom. The molecule has 0 aromatic carbocycles. The van der Waals surface area contributed by atoms with Crippen LogP contribution in [0.4, 0.5) is 0 Å². The number of nitrogens with zero attached hydrogens (tertiary/aromatic N) is 1. The summed E-state index contributed by atoms with van der Waals surface area (Å²) in [6.07, 6.45) is -0.537. The molecule has 1 saturated heterocycles. The summed E-state index contributed by atoms with van der Waals surface area (Å²) < 4.78 is 10.2. The van der Waals surface area contributed by atoms with Gasteiger partial charge < -0.3 is 19.7 Å². The normalized spacial score (nSPS) is 22.1. The van der Waals surface area contributed by atoms with E-state index in [0.29, 0.717) is 19.7 Å². The van der Waals surface area contributed by atoms with Crippen LogP contribution in [-0.4, -0.2) is 62.3 Å². The zero-order chi connectivity index (χ0) is 12.8. The summed E-state index contributed by atoms with van der Waals surface area (Å²) in [4.78, 5) is 25.3. The van der Waals surface area contributed by atoms with Gasteiger partial charge in [0.25, 0.3) is 5.91 Å². The van der Waals surface area contributed by atoms with Crippen molar-refractivity contribution in [2.45, 2.75) is 26.0 Å². The van der Waals surface area contributed by atoms with Crippen molar-refractivity contribution in [2.75, 3.05) is 33.4 Å². The maximum atomic E-state index is 12.0. The molecule has 1 heterocycles. The highest BCUT2D eigenvalue weighted by Crippen LogP contribution is 2.10. The summed E-state index contributed by atoms with van der Waals surface area (Å²) in [6, 6.07) is -0.547. The quantitative estimate of drug-likeness (QED) is 0.716. The number of carbonyl (C=O) groups excluding carboxylic acids is 2. The van der Waals surface area contributed by atoms with Crippen LogP contribution < -0.4 is 5.32 Å². The molecule has 6 heteroatoms. The maximum absolute atomic E-state index is 12.0. The molecule has 1 N–H and O–H groups in total. The van der Waals surface area contributed by atoms with E-state index < -0.39 is 12.1 Å². The number of rotatable bonds is 4. The first-order valence-electron chi connectivity index (χ1n) is 5.80. The highest BCUT2D eigenvalue weighted by Gasteiger charge is 2.34. The van der Waals surface area contributed by atoms with Crippen molar-refractivity contribution in [1.29, 1.82) is 0 Å². The van der Waals surface area contributed by atoms with E-state index in [-0.39, 0.29) is 18.4 Å². The predicted octanol–water partition coefficient (Wildman–Crippen LogP) is -0.615.